The average Bonchev–Trinajstić information content (AvgIpc) is 2.69. The number of carbonyl (C=O) groups is 1. The van der Waals surface area contributed by atoms with E-state index >= 15 is 0 Å². The first kappa shape index (κ1) is 18.1. The maximum atomic E-state index is 12.2. The predicted octanol–water partition coefficient (Wildman–Crippen LogP) is 4.16. The van der Waals surface area contributed by atoms with Crippen molar-refractivity contribution in [2.75, 3.05) is 6.61 Å². The summed E-state index contributed by atoms with van der Waals surface area (Å²) >= 11 is 0. The van der Waals surface area contributed by atoms with Crippen LogP contribution in [0.5, 0.6) is 17.2 Å². The van der Waals surface area contributed by atoms with E-state index in [9.17, 15) is 9.90 Å². The molecule has 0 radical (unpaired) electrons. The quantitative estimate of drug-likeness (QED) is 0.405. The van der Waals surface area contributed by atoms with Gasteiger partial charge in [-0.25, -0.2) is 4.79 Å². The molecule has 3 rings (SSSR count). The summed E-state index contributed by atoms with van der Waals surface area (Å²) in [6, 6.07) is 14.8. The Hall–Kier alpha value is -3.67. The number of aromatic hydroxyl groups is 1. The Balaban J connectivity index is 1.68. The molecule has 0 bridgehead atoms. The molecule has 0 amide bonds. The van der Waals surface area contributed by atoms with Gasteiger partial charge in [0, 0.05) is 24.0 Å². The first-order valence-electron chi connectivity index (χ1n) is 8.38. The van der Waals surface area contributed by atoms with Crippen LogP contribution in [-0.4, -0.2) is 28.9 Å². The Kier molecular flexibility index (Phi) is 5.79. The van der Waals surface area contributed by atoms with Crippen LogP contribution in [-0.2, 0) is 0 Å². The van der Waals surface area contributed by atoms with Crippen LogP contribution in [0.3, 0.4) is 0 Å². The summed E-state index contributed by atoms with van der Waals surface area (Å²) < 4.78 is 10.6. The first-order valence-corrected chi connectivity index (χ1v) is 8.38. The van der Waals surface area contributed by atoms with E-state index in [-0.39, 0.29) is 11.5 Å². The van der Waals surface area contributed by atoms with Crippen molar-refractivity contribution in [1.29, 1.82) is 0 Å². The van der Waals surface area contributed by atoms with Crippen LogP contribution in [0.4, 0.5) is 5.69 Å². The number of aromatic nitrogens is 1. The van der Waals surface area contributed by atoms with Gasteiger partial charge in [0.1, 0.15) is 17.2 Å². The molecule has 1 aromatic heterocycles. The molecule has 0 fully saturated rings. The number of carbonyl (C=O) groups excluding carboxylic acids is 1. The molecule has 0 aliphatic heterocycles. The van der Waals surface area contributed by atoms with Crippen molar-refractivity contribution in [3.8, 4) is 17.2 Å². The number of esters is 1. The molecular weight excluding hydrogens is 344 g/mol. The lowest BCUT2D eigenvalue weighted by atomic mass is 10.2. The Morgan fingerprint density at radius 3 is 2.59 bits per heavy atom. The van der Waals surface area contributed by atoms with Gasteiger partial charge in [-0.15, -0.1) is 0 Å². The summed E-state index contributed by atoms with van der Waals surface area (Å²) in [6.07, 6.45) is 4.79. The van der Waals surface area contributed by atoms with Gasteiger partial charge >= 0.3 is 5.97 Å². The first-order chi connectivity index (χ1) is 13.2. The minimum Gasteiger partial charge on any atom is -0.507 e. The highest BCUT2D eigenvalue weighted by Crippen LogP contribution is 2.24. The van der Waals surface area contributed by atoms with Crippen molar-refractivity contribution in [3.63, 3.8) is 0 Å². The van der Waals surface area contributed by atoms with Gasteiger partial charge in [0.25, 0.3) is 0 Å². The second-order valence-electron chi connectivity index (χ2n) is 5.54. The average molecular weight is 362 g/mol. The van der Waals surface area contributed by atoms with Gasteiger partial charge in [0.05, 0.1) is 24.1 Å². The van der Waals surface area contributed by atoms with Gasteiger partial charge in [-0.05, 0) is 55.5 Å². The number of hydrogen-bond acceptors (Lipinski definition) is 6. The van der Waals surface area contributed by atoms with Gasteiger partial charge in [0.2, 0.25) is 0 Å². The van der Waals surface area contributed by atoms with Crippen molar-refractivity contribution in [2.24, 2.45) is 4.99 Å². The van der Waals surface area contributed by atoms with Crippen LogP contribution in [0, 0.1) is 0 Å². The number of hydrogen-bond donors (Lipinski definition) is 1. The van der Waals surface area contributed by atoms with Crippen LogP contribution in [0.2, 0.25) is 0 Å². The SMILES string of the molecule is CCOc1ccc(C(=O)Oc2ccc(C=Nc3cccnc3)c(O)c2)cc1. The van der Waals surface area contributed by atoms with Crippen molar-refractivity contribution < 1.29 is 19.4 Å². The van der Waals surface area contributed by atoms with E-state index in [2.05, 4.69) is 9.98 Å². The molecule has 3 aromatic rings. The Bertz CT molecular complexity index is 938. The molecule has 0 saturated heterocycles. The van der Waals surface area contributed by atoms with Crippen molar-refractivity contribution in [1.82, 2.24) is 4.98 Å². The number of aliphatic imine (C=N–C) groups is 1. The number of rotatable bonds is 6. The summed E-state index contributed by atoms with van der Waals surface area (Å²) in [4.78, 5) is 20.4. The Morgan fingerprint density at radius 1 is 1.15 bits per heavy atom. The van der Waals surface area contributed by atoms with E-state index < -0.39 is 5.97 Å². The molecule has 136 valence electrons. The fourth-order valence-corrected chi connectivity index (χ4v) is 2.29. The number of pyridine rings is 1. The molecule has 6 nitrogen and oxygen atoms in total. The van der Waals surface area contributed by atoms with Crippen LogP contribution in [0.15, 0.2) is 72.0 Å². The second kappa shape index (κ2) is 8.62. The largest absolute Gasteiger partial charge is 0.507 e. The van der Waals surface area contributed by atoms with Gasteiger partial charge in [-0.3, -0.25) is 9.98 Å². The minimum atomic E-state index is -0.519. The zero-order chi connectivity index (χ0) is 19.1. The number of ether oxygens (including phenoxy) is 2. The molecule has 0 aliphatic rings. The molecule has 0 unspecified atom stereocenters. The normalized spacial score (nSPS) is 10.7. The molecule has 27 heavy (non-hydrogen) atoms. The van der Waals surface area contributed by atoms with E-state index in [1.165, 1.54) is 12.3 Å². The molecule has 2 aromatic carbocycles. The lowest BCUT2D eigenvalue weighted by Gasteiger charge is -2.07. The second-order valence-corrected chi connectivity index (χ2v) is 5.54. The van der Waals surface area contributed by atoms with E-state index in [4.69, 9.17) is 9.47 Å². The highest BCUT2D eigenvalue weighted by atomic mass is 16.5. The number of benzene rings is 2. The maximum Gasteiger partial charge on any atom is 0.343 e. The fraction of sp³-hybridized carbons (Fsp3) is 0.0952. The van der Waals surface area contributed by atoms with Crippen molar-refractivity contribution in [3.05, 3.63) is 78.1 Å². The minimum absolute atomic E-state index is 0.0420. The Labute approximate surface area is 156 Å². The van der Waals surface area contributed by atoms with Gasteiger partial charge in [-0.1, -0.05) is 0 Å². The summed E-state index contributed by atoms with van der Waals surface area (Å²) in [5, 5.41) is 10.1. The van der Waals surface area contributed by atoms with Crippen LogP contribution in [0.1, 0.15) is 22.8 Å². The molecule has 0 spiro atoms. The van der Waals surface area contributed by atoms with Crippen LogP contribution in [0.25, 0.3) is 0 Å². The smallest absolute Gasteiger partial charge is 0.343 e. The third-order valence-corrected chi connectivity index (χ3v) is 3.61. The van der Waals surface area contributed by atoms with Crippen molar-refractivity contribution >= 4 is 17.9 Å². The van der Waals surface area contributed by atoms with Gasteiger partial charge < -0.3 is 14.6 Å². The third kappa shape index (κ3) is 4.92. The number of phenols is 1. The molecule has 0 saturated carbocycles. The molecule has 0 atom stereocenters. The highest BCUT2D eigenvalue weighted by Gasteiger charge is 2.10. The zero-order valence-electron chi connectivity index (χ0n) is 14.7. The highest BCUT2D eigenvalue weighted by molar-refractivity contribution is 5.91. The molecule has 6 heteroatoms. The summed E-state index contributed by atoms with van der Waals surface area (Å²) in [6.45, 7) is 2.44. The molecule has 1 N–H and O–H groups in total. The summed E-state index contributed by atoms with van der Waals surface area (Å²) in [7, 11) is 0. The molecular formula is C21H18N2O4. The fourth-order valence-electron chi connectivity index (χ4n) is 2.29. The van der Waals surface area contributed by atoms with E-state index in [1.54, 1.807) is 60.9 Å². The van der Waals surface area contributed by atoms with E-state index in [0.717, 1.165) is 0 Å². The summed E-state index contributed by atoms with van der Waals surface area (Å²) in [5.74, 6) is 0.364. The predicted molar refractivity (Wildman–Crippen MR) is 102 cm³/mol. The maximum absolute atomic E-state index is 12.2. The number of phenolic OH excluding ortho intramolecular Hbond substituents is 1. The van der Waals surface area contributed by atoms with Gasteiger partial charge in [0.15, 0.2) is 0 Å². The lowest BCUT2D eigenvalue weighted by Crippen LogP contribution is -2.08. The third-order valence-electron chi connectivity index (χ3n) is 3.61. The van der Waals surface area contributed by atoms with E-state index in [0.29, 0.717) is 29.2 Å². The van der Waals surface area contributed by atoms with Gasteiger partial charge in [-0.2, -0.15) is 0 Å². The van der Waals surface area contributed by atoms with Crippen LogP contribution < -0.4 is 9.47 Å². The number of nitrogens with zero attached hydrogens (tertiary/aromatic N) is 2. The summed E-state index contributed by atoms with van der Waals surface area (Å²) in [5.41, 5.74) is 1.56. The molecule has 0 aliphatic carbocycles. The van der Waals surface area contributed by atoms with E-state index in [1.807, 2.05) is 6.92 Å². The van der Waals surface area contributed by atoms with Crippen molar-refractivity contribution in [2.45, 2.75) is 6.92 Å². The Morgan fingerprint density at radius 2 is 1.93 bits per heavy atom. The van der Waals surface area contributed by atoms with Crippen LogP contribution >= 0.6 is 0 Å². The topological polar surface area (TPSA) is 81.0 Å². The monoisotopic (exact) mass is 362 g/mol. The standard InChI is InChI=1S/C21H18N2O4/c1-2-26-18-8-5-15(6-9-18)21(25)27-19-10-7-16(20(24)12-19)13-23-17-4-3-11-22-14-17/h3-14,24H,2H2,1H3. The lowest BCUT2D eigenvalue weighted by molar-refractivity contribution is 0.0734. The molecule has 1 heterocycles. The zero-order valence-corrected chi connectivity index (χ0v) is 14.7.